The summed E-state index contributed by atoms with van der Waals surface area (Å²) >= 11 is 0. The van der Waals surface area contributed by atoms with Gasteiger partial charge in [-0.1, -0.05) is 13.8 Å². The summed E-state index contributed by atoms with van der Waals surface area (Å²) in [4.78, 5) is 3.43. The van der Waals surface area contributed by atoms with Crippen molar-refractivity contribution in [3.63, 3.8) is 0 Å². The molecule has 1 heterocycles. The van der Waals surface area contributed by atoms with E-state index in [2.05, 4.69) is 9.72 Å². The molecule has 1 rings (SSSR count). The maximum atomic E-state index is 13.2. The summed E-state index contributed by atoms with van der Waals surface area (Å²) in [6.07, 6.45) is -3.56. The van der Waals surface area contributed by atoms with E-state index in [1.165, 1.54) is 6.07 Å². The number of hydrogen-bond donors (Lipinski definition) is 0. The van der Waals surface area contributed by atoms with Gasteiger partial charge in [0.1, 0.15) is 5.82 Å². The van der Waals surface area contributed by atoms with Crippen molar-refractivity contribution in [3.05, 3.63) is 23.6 Å². The molecule has 0 saturated heterocycles. The zero-order valence-corrected chi connectivity index (χ0v) is 8.81. The molecule has 0 aliphatic heterocycles. The monoisotopic (exact) mass is 237 g/mol. The van der Waals surface area contributed by atoms with Gasteiger partial charge < -0.3 is 4.74 Å². The van der Waals surface area contributed by atoms with Gasteiger partial charge in [0.25, 0.3) is 0 Å². The minimum Gasteiger partial charge on any atom is -0.468 e. The molecule has 0 fully saturated rings. The molecule has 0 saturated carbocycles. The van der Waals surface area contributed by atoms with Crippen LogP contribution in [0, 0.1) is 5.82 Å². The first-order chi connectivity index (χ1) is 7.29. The summed E-state index contributed by atoms with van der Waals surface area (Å²) in [5.41, 5.74) is 0.284. The summed E-state index contributed by atoms with van der Waals surface area (Å²) in [5, 5.41) is 0. The van der Waals surface area contributed by atoms with Crippen LogP contribution in [0.15, 0.2) is 12.3 Å². The van der Waals surface area contributed by atoms with E-state index in [4.69, 9.17) is 0 Å². The molecule has 0 atom stereocenters. The Morgan fingerprint density at radius 2 is 2.00 bits per heavy atom. The number of aromatic nitrogens is 1. The van der Waals surface area contributed by atoms with Gasteiger partial charge in [-0.25, -0.2) is 9.37 Å². The van der Waals surface area contributed by atoms with Crippen molar-refractivity contribution in [2.75, 3.05) is 6.61 Å². The van der Waals surface area contributed by atoms with Crippen LogP contribution < -0.4 is 4.74 Å². The number of hydrogen-bond acceptors (Lipinski definition) is 2. The van der Waals surface area contributed by atoms with E-state index in [1.807, 2.05) is 0 Å². The van der Waals surface area contributed by atoms with E-state index < -0.39 is 18.6 Å². The molecule has 2 nitrogen and oxygen atoms in total. The quantitative estimate of drug-likeness (QED) is 0.752. The van der Waals surface area contributed by atoms with Gasteiger partial charge in [0, 0.05) is 6.07 Å². The maximum absolute atomic E-state index is 13.2. The third-order valence-corrected chi connectivity index (χ3v) is 1.87. The van der Waals surface area contributed by atoms with E-state index in [9.17, 15) is 17.6 Å². The number of nitrogens with zero attached hydrogens (tertiary/aromatic N) is 1. The Kier molecular flexibility index (Phi) is 3.72. The molecule has 6 heteroatoms. The van der Waals surface area contributed by atoms with Gasteiger partial charge in [-0.15, -0.1) is 0 Å². The van der Waals surface area contributed by atoms with E-state index in [1.54, 1.807) is 13.8 Å². The van der Waals surface area contributed by atoms with Crippen molar-refractivity contribution < 1.29 is 22.3 Å². The van der Waals surface area contributed by atoms with E-state index in [0.717, 1.165) is 6.20 Å². The lowest BCUT2D eigenvalue weighted by Crippen LogP contribution is -2.19. The number of rotatable bonds is 3. The topological polar surface area (TPSA) is 22.1 Å². The van der Waals surface area contributed by atoms with Crippen LogP contribution in [0.5, 0.6) is 5.88 Å². The van der Waals surface area contributed by atoms with Crippen LogP contribution in [-0.2, 0) is 0 Å². The largest absolute Gasteiger partial charge is 0.468 e. The number of halogens is 4. The first-order valence-electron chi connectivity index (χ1n) is 4.64. The van der Waals surface area contributed by atoms with Crippen LogP contribution in [0.2, 0.25) is 0 Å². The molecule has 0 aromatic carbocycles. The second-order valence-corrected chi connectivity index (χ2v) is 3.60. The predicted octanol–water partition coefficient (Wildman–Crippen LogP) is 3.29. The van der Waals surface area contributed by atoms with E-state index in [0.29, 0.717) is 0 Å². The summed E-state index contributed by atoms with van der Waals surface area (Å²) in [6.45, 7) is 2.03. The average molecular weight is 237 g/mol. The fraction of sp³-hybridized carbons (Fsp3) is 0.500. The van der Waals surface area contributed by atoms with Crippen molar-refractivity contribution >= 4 is 0 Å². The third kappa shape index (κ3) is 3.67. The lowest BCUT2D eigenvalue weighted by Gasteiger charge is -2.11. The average Bonchev–Trinajstić information content (AvgIpc) is 2.14. The highest BCUT2D eigenvalue weighted by atomic mass is 19.4. The first-order valence-corrected chi connectivity index (χ1v) is 4.64. The lowest BCUT2D eigenvalue weighted by molar-refractivity contribution is -0.154. The molecule has 0 radical (unpaired) electrons. The van der Waals surface area contributed by atoms with Gasteiger partial charge in [0.05, 0.1) is 6.20 Å². The molecule has 0 aliphatic rings. The van der Waals surface area contributed by atoms with Gasteiger partial charge in [0.15, 0.2) is 6.61 Å². The lowest BCUT2D eigenvalue weighted by atomic mass is 10.0. The van der Waals surface area contributed by atoms with Gasteiger partial charge >= 0.3 is 6.18 Å². The van der Waals surface area contributed by atoms with Crippen LogP contribution in [-0.4, -0.2) is 17.8 Å². The molecule has 90 valence electrons. The highest BCUT2D eigenvalue weighted by molar-refractivity contribution is 5.24. The second kappa shape index (κ2) is 4.67. The van der Waals surface area contributed by atoms with Crippen LogP contribution >= 0.6 is 0 Å². The van der Waals surface area contributed by atoms with Gasteiger partial charge in [-0.05, 0) is 11.5 Å². The van der Waals surface area contributed by atoms with E-state index in [-0.39, 0.29) is 17.4 Å². The maximum Gasteiger partial charge on any atom is 0.422 e. The molecule has 0 aliphatic carbocycles. The minimum atomic E-state index is -4.42. The number of ether oxygens (including phenoxy) is 1. The van der Waals surface area contributed by atoms with Crippen molar-refractivity contribution in [1.29, 1.82) is 0 Å². The minimum absolute atomic E-state index is 0.142. The van der Waals surface area contributed by atoms with Crippen molar-refractivity contribution in [2.24, 2.45) is 0 Å². The normalized spacial score (nSPS) is 11.9. The predicted molar refractivity (Wildman–Crippen MR) is 49.8 cm³/mol. The molecular weight excluding hydrogens is 226 g/mol. The third-order valence-electron chi connectivity index (χ3n) is 1.87. The zero-order valence-electron chi connectivity index (χ0n) is 8.81. The molecule has 0 amide bonds. The fourth-order valence-electron chi connectivity index (χ4n) is 1.11. The van der Waals surface area contributed by atoms with Gasteiger partial charge in [0.2, 0.25) is 5.88 Å². The second-order valence-electron chi connectivity index (χ2n) is 3.60. The molecule has 0 spiro atoms. The summed E-state index contributed by atoms with van der Waals surface area (Å²) in [5.74, 6) is -0.909. The van der Waals surface area contributed by atoms with Crippen LogP contribution in [0.1, 0.15) is 25.3 Å². The molecule has 1 aromatic heterocycles. The Hall–Kier alpha value is -1.33. The Balaban J connectivity index is 2.79. The van der Waals surface area contributed by atoms with Gasteiger partial charge in [-0.3, -0.25) is 0 Å². The Bertz CT molecular complexity index is 362. The molecule has 1 aromatic rings. The molecule has 0 unspecified atom stereocenters. The number of alkyl halides is 3. The summed E-state index contributed by atoms with van der Waals surface area (Å²) < 4.78 is 53.1. The van der Waals surface area contributed by atoms with Crippen molar-refractivity contribution in [3.8, 4) is 5.88 Å². The molecule has 0 N–H and O–H groups in total. The molecule has 16 heavy (non-hydrogen) atoms. The zero-order chi connectivity index (χ0) is 12.3. The standard InChI is InChI=1S/C10H11F4NO/c1-6(2)7-3-9(15-4-8(7)11)16-5-10(12,13)14/h3-4,6H,5H2,1-2H3. The van der Waals surface area contributed by atoms with Crippen LogP contribution in [0.25, 0.3) is 0 Å². The first kappa shape index (κ1) is 12.7. The van der Waals surface area contributed by atoms with Crippen LogP contribution in [0.4, 0.5) is 17.6 Å². The SMILES string of the molecule is CC(C)c1cc(OCC(F)(F)F)ncc1F. The Labute approximate surface area is 90.3 Å². The van der Waals surface area contributed by atoms with Crippen molar-refractivity contribution in [1.82, 2.24) is 4.98 Å². The fourth-order valence-corrected chi connectivity index (χ4v) is 1.11. The highest BCUT2D eigenvalue weighted by Gasteiger charge is 2.28. The molecule has 0 bridgehead atoms. The highest BCUT2D eigenvalue weighted by Crippen LogP contribution is 2.23. The van der Waals surface area contributed by atoms with Crippen molar-refractivity contribution in [2.45, 2.75) is 25.9 Å². The van der Waals surface area contributed by atoms with Gasteiger partial charge in [-0.2, -0.15) is 13.2 Å². The summed E-state index contributed by atoms with van der Waals surface area (Å²) in [6, 6.07) is 1.19. The Morgan fingerprint density at radius 1 is 1.38 bits per heavy atom. The Morgan fingerprint density at radius 3 is 2.50 bits per heavy atom. The summed E-state index contributed by atoms with van der Waals surface area (Å²) in [7, 11) is 0. The van der Waals surface area contributed by atoms with E-state index >= 15 is 0 Å². The van der Waals surface area contributed by atoms with Crippen LogP contribution in [0.3, 0.4) is 0 Å². The molecular formula is C10H11F4NO. The smallest absolute Gasteiger partial charge is 0.422 e. The number of pyridine rings is 1.